The maximum atomic E-state index is 4.50. The zero-order chi connectivity index (χ0) is 14.0. The van der Waals surface area contributed by atoms with Gasteiger partial charge in [0, 0.05) is 21.4 Å². The number of hydrogen-bond acceptors (Lipinski definition) is 3. The molecule has 0 radical (unpaired) electrons. The van der Waals surface area contributed by atoms with Crippen LogP contribution in [-0.4, -0.2) is 4.98 Å². The Balaban J connectivity index is 2.08. The minimum Gasteiger partial charge on any atom is -0.303 e. The molecule has 1 aromatic heterocycles. The van der Waals surface area contributed by atoms with Crippen molar-refractivity contribution in [3.8, 4) is 0 Å². The minimum absolute atomic E-state index is 0.324. The maximum Gasteiger partial charge on any atom is 0.0900 e. The lowest BCUT2D eigenvalue weighted by molar-refractivity contribution is 0.498. The van der Waals surface area contributed by atoms with Crippen molar-refractivity contribution in [2.75, 3.05) is 0 Å². The zero-order valence-corrected chi connectivity index (χ0v) is 14.1. The fourth-order valence-electron chi connectivity index (χ4n) is 2.25. The molecule has 2 rings (SSSR count). The summed E-state index contributed by atoms with van der Waals surface area (Å²) in [4.78, 5) is 5.83. The first-order chi connectivity index (χ1) is 8.97. The molecular formula is C15H19BrN2S. The van der Waals surface area contributed by atoms with E-state index in [1.165, 1.54) is 10.4 Å². The average molecular weight is 339 g/mol. The zero-order valence-electron chi connectivity index (χ0n) is 11.7. The lowest BCUT2D eigenvalue weighted by atomic mass is 10.1. The van der Waals surface area contributed by atoms with Crippen LogP contribution in [0.4, 0.5) is 0 Å². The van der Waals surface area contributed by atoms with E-state index >= 15 is 0 Å². The van der Waals surface area contributed by atoms with E-state index < -0.39 is 0 Å². The molecule has 102 valence electrons. The second-order valence-corrected chi connectivity index (χ2v) is 6.99. The highest BCUT2D eigenvalue weighted by molar-refractivity contribution is 9.10. The van der Waals surface area contributed by atoms with E-state index in [2.05, 4.69) is 78.2 Å². The highest BCUT2D eigenvalue weighted by atomic mass is 79.9. The number of rotatable bonds is 4. The highest BCUT2D eigenvalue weighted by Gasteiger charge is 2.15. The van der Waals surface area contributed by atoms with Gasteiger partial charge in [0.2, 0.25) is 0 Å². The normalized spacial score (nSPS) is 14.4. The van der Waals surface area contributed by atoms with Crippen molar-refractivity contribution >= 4 is 27.3 Å². The largest absolute Gasteiger partial charge is 0.303 e. The summed E-state index contributed by atoms with van der Waals surface area (Å²) in [5.41, 5.74) is 2.44. The minimum atomic E-state index is 0.324. The van der Waals surface area contributed by atoms with Gasteiger partial charge in [-0.2, -0.15) is 0 Å². The van der Waals surface area contributed by atoms with Gasteiger partial charge < -0.3 is 5.32 Å². The van der Waals surface area contributed by atoms with Crippen molar-refractivity contribution in [1.82, 2.24) is 10.3 Å². The predicted molar refractivity (Wildman–Crippen MR) is 85.7 cm³/mol. The summed E-state index contributed by atoms with van der Waals surface area (Å²) in [6, 6.07) is 9.12. The van der Waals surface area contributed by atoms with Crippen LogP contribution in [0.1, 0.15) is 47.1 Å². The van der Waals surface area contributed by atoms with Crippen LogP contribution in [0.15, 0.2) is 28.7 Å². The predicted octanol–water partition coefficient (Wildman–Crippen LogP) is 4.93. The van der Waals surface area contributed by atoms with Crippen molar-refractivity contribution in [2.24, 2.45) is 0 Å². The van der Waals surface area contributed by atoms with Crippen LogP contribution in [0.5, 0.6) is 0 Å². The Morgan fingerprint density at radius 2 is 1.74 bits per heavy atom. The van der Waals surface area contributed by atoms with Crippen LogP contribution < -0.4 is 5.32 Å². The molecule has 0 saturated carbocycles. The smallest absolute Gasteiger partial charge is 0.0900 e. The topological polar surface area (TPSA) is 24.9 Å². The van der Waals surface area contributed by atoms with Crippen molar-refractivity contribution in [3.63, 3.8) is 0 Å². The summed E-state index contributed by atoms with van der Waals surface area (Å²) in [7, 11) is 0. The first kappa shape index (κ1) is 14.7. The lowest BCUT2D eigenvalue weighted by Gasteiger charge is -2.20. The Labute approximate surface area is 127 Å². The van der Waals surface area contributed by atoms with Crippen LogP contribution in [0.2, 0.25) is 0 Å². The van der Waals surface area contributed by atoms with Gasteiger partial charge in [-0.3, -0.25) is 0 Å². The van der Waals surface area contributed by atoms with E-state index in [1.807, 2.05) is 0 Å². The fourth-order valence-corrected chi connectivity index (χ4v) is 3.45. The third-order valence-electron chi connectivity index (χ3n) is 3.20. The summed E-state index contributed by atoms with van der Waals surface area (Å²) in [5.74, 6) is 0. The molecular weight excluding hydrogens is 320 g/mol. The molecule has 0 bridgehead atoms. The average Bonchev–Trinajstić information content (AvgIpc) is 2.69. The monoisotopic (exact) mass is 338 g/mol. The first-order valence-electron chi connectivity index (χ1n) is 6.43. The molecule has 4 heteroatoms. The van der Waals surface area contributed by atoms with Crippen LogP contribution in [0.3, 0.4) is 0 Å². The molecule has 19 heavy (non-hydrogen) atoms. The van der Waals surface area contributed by atoms with Gasteiger partial charge in [0.15, 0.2) is 0 Å². The van der Waals surface area contributed by atoms with Crippen molar-refractivity contribution in [3.05, 3.63) is 49.9 Å². The molecule has 0 fully saturated rings. The van der Waals surface area contributed by atoms with Crippen LogP contribution in [0, 0.1) is 13.8 Å². The van der Waals surface area contributed by atoms with E-state index in [0.717, 1.165) is 15.2 Å². The van der Waals surface area contributed by atoms with Crippen molar-refractivity contribution in [1.29, 1.82) is 0 Å². The molecule has 2 atom stereocenters. The van der Waals surface area contributed by atoms with E-state index in [1.54, 1.807) is 11.3 Å². The van der Waals surface area contributed by atoms with Gasteiger partial charge in [0.25, 0.3) is 0 Å². The number of benzene rings is 1. The number of nitrogens with one attached hydrogen (secondary N) is 1. The lowest BCUT2D eigenvalue weighted by Crippen LogP contribution is -2.22. The number of aromatic nitrogens is 1. The first-order valence-corrected chi connectivity index (χ1v) is 8.03. The van der Waals surface area contributed by atoms with Crippen LogP contribution in [-0.2, 0) is 0 Å². The molecule has 0 saturated heterocycles. The van der Waals surface area contributed by atoms with Crippen molar-refractivity contribution < 1.29 is 0 Å². The third-order valence-corrected chi connectivity index (χ3v) is 4.99. The van der Waals surface area contributed by atoms with Gasteiger partial charge in [-0.05, 0) is 45.4 Å². The quantitative estimate of drug-likeness (QED) is 0.854. The van der Waals surface area contributed by atoms with Crippen LogP contribution >= 0.6 is 27.3 Å². The molecule has 0 amide bonds. The molecule has 2 aromatic rings. The highest BCUT2D eigenvalue weighted by Crippen LogP contribution is 2.27. The van der Waals surface area contributed by atoms with Gasteiger partial charge in [0.05, 0.1) is 10.7 Å². The second kappa shape index (κ2) is 6.16. The number of halogens is 1. The fraction of sp³-hybridized carbons (Fsp3) is 0.400. The van der Waals surface area contributed by atoms with E-state index in [0.29, 0.717) is 12.1 Å². The summed E-state index contributed by atoms with van der Waals surface area (Å²) in [5, 5.41) is 4.78. The Hall–Kier alpha value is -0.710. The number of thiazole rings is 1. The number of hydrogen-bond donors (Lipinski definition) is 1. The van der Waals surface area contributed by atoms with Gasteiger partial charge in [-0.15, -0.1) is 11.3 Å². The summed E-state index contributed by atoms with van der Waals surface area (Å²) >= 11 is 5.25. The SMILES string of the molecule is Cc1nc(C)c(C(C)N[C@@H](C)c2ccc(Br)cc2)s1. The van der Waals surface area contributed by atoms with Crippen molar-refractivity contribution in [2.45, 2.75) is 39.8 Å². The van der Waals surface area contributed by atoms with Crippen LogP contribution in [0.25, 0.3) is 0 Å². The summed E-state index contributed by atoms with van der Waals surface area (Å²) in [6.45, 7) is 8.55. The molecule has 0 aliphatic heterocycles. The Morgan fingerprint density at radius 3 is 2.26 bits per heavy atom. The second-order valence-electron chi connectivity index (χ2n) is 4.84. The molecule has 1 aromatic carbocycles. The molecule has 1 N–H and O–H groups in total. The Kier molecular flexibility index (Phi) is 4.76. The molecule has 1 unspecified atom stereocenters. The Bertz CT molecular complexity index is 548. The molecule has 1 heterocycles. The third kappa shape index (κ3) is 3.65. The van der Waals surface area contributed by atoms with Gasteiger partial charge >= 0.3 is 0 Å². The number of aryl methyl sites for hydroxylation is 2. The van der Waals surface area contributed by atoms with E-state index in [-0.39, 0.29) is 0 Å². The van der Waals surface area contributed by atoms with E-state index in [9.17, 15) is 0 Å². The molecule has 2 nitrogen and oxygen atoms in total. The Morgan fingerprint density at radius 1 is 1.11 bits per heavy atom. The van der Waals surface area contributed by atoms with Gasteiger partial charge in [-0.25, -0.2) is 4.98 Å². The molecule has 0 aliphatic carbocycles. The van der Waals surface area contributed by atoms with E-state index in [4.69, 9.17) is 0 Å². The van der Waals surface area contributed by atoms with Gasteiger partial charge in [-0.1, -0.05) is 28.1 Å². The maximum absolute atomic E-state index is 4.50. The molecule has 0 aliphatic rings. The standard InChI is InChI=1S/C15H19BrN2S/c1-9(13-5-7-14(16)8-6-13)17-10(2)15-11(3)18-12(4)19-15/h5-10,17H,1-4H3/t9-,10?/m0/s1. The summed E-state index contributed by atoms with van der Waals surface area (Å²) in [6.07, 6.45) is 0. The summed E-state index contributed by atoms with van der Waals surface area (Å²) < 4.78 is 1.12. The molecule has 0 spiro atoms. The number of nitrogens with zero attached hydrogens (tertiary/aromatic N) is 1. The van der Waals surface area contributed by atoms with Gasteiger partial charge in [0.1, 0.15) is 0 Å².